The van der Waals surface area contributed by atoms with Crippen LogP contribution in [-0.4, -0.2) is 20.7 Å². The van der Waals surface area contributed by atoms with Crippen LogP contribution >= 0.6 is 11.3 Å². The second kappa shape index (κ2) is 2.46. The zero-order valence-electron chi connectivity index (χ0n) is 6.81. The van der Waals surface area contributed by atoms with Crippen molar-refractivity contribution in [3.8, 4) is 0 Å². The van der Waals surface area contributed by atoms with Crippen LogP contribution < -0.4 is 5.73 Å². The second-order valence-corrected chi connectivity index (χ2v) is 3.52. The van der Waals surface area contributed by atoms with Gasteiger partial charge in [-0.1, -0.05) is 0 Å². The molecule has 0 saturated heterocycles. The van der Waals surface area contributed by atoms with Crippen molar-refractivity contribution in [1.29, 1.82) is 0 Å². The fraction of sp³-hybridized carbons (Fsp3) is 0.143. The van der Waals surface area contributed by atoms with Gasteiger partial charge in [0.2, 0.25) is 0 Å². The average molecular weight is 197 g/mol. The first-order valence-corrected chi connectivity index (χ1v) is 4.45. The number of nitrogen functional groups attached to an aromatic ring is 1. The number of hydrogen-bond donors (Lipinski definition) is 2. The van der Waals surface area contributed by atoms with Crippen molar-refractivity contribution in [1.82, 2.24) is 9.61 Å². The number of aromatic nitrogens is 2. The van der Waals surface area contributed by atoms with Crippen molar-refractivity contribution in [2.24, 2.45) is 0 Å². The summed E-state index contributed by atoms with van der Waals surface area (Å²) in [5.41, 5.74) is 6.45. The van der Waals surface area contributed by atoms with Crippen LogP contribution in [0.4, 0.5) is 5.82 Å². The van der Waals surface area contributed by atoms with E-state index in [2.05, 4.69) is 5.10 Å². The molecule has 13 heavy (non-hydrogen) atoms. The molecule has 0 radical (unpaired) electrons. The van der Waals surface area contributed by atoms with Crippen LogP contribution in [0.15, 0.2) is 5.38 Å². The fourth-order valence-corrected chi connectivity index (χ4v) is 2.13. The molecule has 68 valence electrons. The molecule has 0 spiro atoms. The third-order valence-electron chi connectivity index (χ3n) is 1.76. The normalized spacial score (nSPS) is 10.8. The number of carbonyl (C=O) groups is 1. The van der Waals surface area contributed by atoms with E-state index in [4.69, 9.17) is 10.8 Å². The molecular weight excluding hydrogens is 190 g/mol. The second-order valence-electron chi connectivity index (χ2n) is 2.66. The number of rotatable bonds is 1. The summed E-state index contributed by atoms with van der Waals surface area (Å²) in [7, 11) is 0. The van der Waals surface area contributed by atoms with E-state index in [1.165, 1.54) is 11.3 Å². The highest BCUT2D eigenvalue weighted by atomic mass is 32.1. The lowest BCUT2D eigenvalue weighted by atomic mass is 10.3. The number of thiazole rings is 1. The quantitative estimate of drug-likeness (QED) is 0.714. The van der Waals surface area contributed by atoms with Gasteiger partial charge in [0.25, 0.3) is 0 Å². The molecule has 0 aliphatic carbocycles. The number of fused-ring (bicyclic) bond motifs is 1. The van der Waals surface area contributed by atoms with E-state index in [-0.39, 0.29) is 11.4 Å². The Hall–Kier alpha value is -1.56. The van der Waals surface area contributed by atoms with Gasteiger partial charge in [-0.05, 0) is 6.92 Å². The topological polar surface area (TPSA) is 80.6 Å². The molecule has 3 N–H and O–H groups in total. The van der Waals surface area contributed by atoms with E-state index in [1.54, 1.807) is 4.52 Å². The smallest absolute Gasteiger partial charge is 0.342 e. The third kappa shape index (κ3) is 0.988. The zero-order valence-corrected chi connectivity index (χ0v) is 7.63. The molecule has 0 aliphatic rings. The Morgan fingerprint density at radius 1 is 1.77 bits per heavy atom. The van der Waals surface area contributed by atoms with Crippen molar-refractivity contribution in [2.45, 2.75) is 6.92 Å². The highest BCUT2D eigenvalue weighted by molar-refractivity contribution is 7.16. The van der Waals surface area contributed by atoms with E-state index < -0.39 is 5.97 Å². The van der Waals surface area contributed by atoms with Gasteiger partial charge in [-0.15, -0.1) is 16.4 Å². The number of carboxylic acids is 1. The molecule has 2 aromatic rings. The highest BCUT2D eigenvalue weighted by Gasteiger charge is 2.18. The van der Waals surface area contributed by atoms with E-state index in [0.717, 1.165) is 5.69 Å². The van der Waals surface area contributed by atoms with Gasteiger partial charge < -0.3 is 10.8 Å². The lowest BCUT2D eigenvalue weighted by Gasteiger charge is -1.86. The van der Waals surface area contributed by atoms with Crippen LogP contribution in [0.1, 0.15) is 16.1 Å². The molecule has 0 unspecified atom stereocenters. The van der Waals surface area contributed by atoms with Crippen LogP contribution in [0.5, 0.6) is 0 Å². The van der Waals surface area contributed by atoms with Gasteiger partial charge in [-0.2, -0.15) is 0 Å². The predicted octanol–water partition coefficient (Wildman–Crippen LogP) is 0.985. The van der Waals surface area contributed by atoms with Crippen LogP contribution in [0.3, 0.4) is 0 Å². The maximum Gasteiger partial charge on any atom is 0.342 e. The summed E-state index contributed by atoms with van der Waals surface area (Å²) in [6, 6.07) is 0. The first kappa shape index (κ1) is 8.06. The maximum absolute atomic E-state index is 10.8. The first-order chi connectivity index (χ1) is 6.11. The molecule has 0 bridgehead atoms. The van der Waals surface area contributed by atoms with Gasteiger partial charge in [0.15, 0.2) is 5.82 Å². The van der Waals surface area contributed by atoms with Gasteiger partial charge in [-0.3, -0.25) is 0 Å². The van der Waals surface area contributed by atoms with Crippen molar-refractivity contribution in [3.63, 3.8) is 0 Å². The summed E-state index contributed by atoms with van der Waals surface area (Å²) in [6.07, 6.45) is 0. The molecule has 0 fully saturated rings. The summed E-state index contributed by atoms with van der Waals surface area (Å²) < 4.78 is 1.55. The van der Waals surface area contributed by atoms with Crippen molar-refractivity contribution >= 4 is 28.0 Å². The molecule has 2 heterocycles. The van der Waals surface area contributed by atoms with Crippen LogP contribution in [0.25, 0.3) is 4.83 Å². The minimum absolute atomic E-state index is 0.0717. The summed E-state index contributed by atoms with van der Waals surface area (Å²) >= 11 is 1.33. The van der Waals surface area contributed by atoms with Gasteiger partial charge in [0, 0.05) is 5.38 Å². The highest BCUT2D eigenvalue weighted by Crippen LogP contribution is 2.24. The minimum Gasteiger partial charge on any atom is -0.477 e. The predicted molar refractivity (Wildman–Crippen MR) is 49.2 cm³/mol. The molecule has 0 atom stereocenters. The Labute approximate surface area is 77.4 Å². The molecular formula is C7H7N3O2S. The molecule has 2 aromatic heterocycles. The number of aromatic carboxylic acids is 1. The largest absolute Gasteiger partial charge is 0.477 e. The zero-order chi connectivity index (χ0) is 9.59. The van der Waals surface area contributed by atoms with Crippen molar-refractivity contribution in [2.75, 3.05) is 5.73 Å². The monoisotopic (exact) mass is 197 g/mol. The number of nitrogens with zero attached hydrogens (tertiary/aromatic N) is 2. The lowest BCUT2D eigenvalue weighted by Crippen LogP contribution is -1.99. The van der Waals surface area contributed by atoms with E-state index in [9.17, 15) is 4.79 Å². The molecule has 2 rings (SSSR count). The molecule has 0 saturated carbocycles. The Morgan fingerprint density at radius 3 is 3.08 bits per heavy atom. The Balaban J connectivity index is 2.86. The van der Waals surface area contributed by atoms with Gasteiger partial charge in [-0.25, -0.2) is 9.31 Å². The number of anilines is 1. The Bertz CT molecular complexity index is 485. The van der Waals surface area contributed by atoms with E-state index >= 15 is 0 Å². The molecule has 0 aliphatic heterocycles. The Kier molecular flexibility index (Phi) is 1.53. The summed E-state index contributed by atoms with van der Waals surface area (Å²) in [5.74, 6) is -0.961. The molecule has 0 amide bonds. The minimum atomic E-state index is -1.03. The van der Waals surface area contributed by atoms with Gasteiger partial charge >= 0.3 is 5.97 Å². The number of aryl methyl sites for hydroxylation is 1. The maximum atomic E-state index is 10.8. The first-order valence-electron chi connectivity index (χ1n) is 3.57. The van der Waals surface area contributed by atoms with Crippen molar-refractivity contribution in [3.05, 3.63) is 16.6 Å². The lowest BCUT2D eigenvalue weighted by molar-refractivity contribution is 0.0700. The molecule has 0 aromatic carbocycles. The van der Waals surface area contributed by atoms with E-state index in [0.29, 0.717) is 4.83 Å². The molecule has 6 heteroatoms. The summed E-state index contributed by atoms with van der Waals surface area (Å²) in [5, 5.41) is 14.6. The third-order valence-corrected chi connectivity index (χ3v) is 2.82. The number of hydrogen-bond acceptors (Lipinski definition) is 4. The van der Waals surface area contributed by atoms with Gasteiger partial charge in [0.05, 0.1) is 5.69 Å². The van der Waals surface area contributed by atoms with Crippen molar-refractivity contribution < 1.29 is 9.90 Å². The number of carboxylic acid groups (broad SMARTS) is 1. The Morgan fingerprint density at radius 2 is 2.46 bits per heavy atom. The molecule has 5 nitrogen and oxygen atoms in total. The fourth-order valence-electron chi connectivity index (χ4n) is 1.16. The van der Waals surface area contributed by atoms with Crippen LogP contribution in [-0.2, 0) is 0 Å². The van der Waals surface area contributed by atoms with Crippen LogP contribution in [0, 0.1) is 6.92 Å². The van der Waals surface area contributed by atoms with E-state index in [1.807, 2.05) is 12.3 Å². The summed E-state index contributed by atoms with van der Waals surface area (Å²) in [4.78, 5) is 11.4. The van der Waals surface area contributed by atoms with Crippen LogP contribution in [0.2, 0.25) is 0 Å². The summed E-state index contributed by atoms with van der Waals surface area (Å²) in [6.45, 7) is 1.85. The standard InChI is InChI=1S/C7H7N3O2S/c1-3-2-13-6-4(7(11)12)5(8)9-10(3)6/h2H,1H3,(H2,8,9)(H,11,12). The number of nitrogens with two attached hydrogens (primary N) is 1. The van der Waals surface area contributed by atoms with Gasteiger partial charge in [0.1, 0.15) is 10.4 Å². The SMILES string of the molecule is Cc1csc2c(C(=O)O)c(N)nn12. The average Bonchev–Trinajstić information content (AvgIpc) is 2.51.